The summed E-state index contributed by atoms with van der Waals surface area (Å²) >= 11 is 0. The number of ether oxygens (including phenoxy) is 1. The number of carbonyl (C=O) groups is 1. The number of rotatable bonds is 5. The van der Waals surface area contributed by atoms with Gasteiger partial charge in [0.25, 0.3) is 0 Å². The summed E-state index contributed by atoms with van der Waals surface area (Å²) in [5, 5.41) is 4.71. The van der Waals surface area contributed by atoms with E-state index in [1.165, 1.54) is 0 Å². The maximum absolute atomic E-state index is 12.2. The number of nitrogens with zero attached hydrogens (tertiary/aromatic N) is 3. The first-order chi connectivity index (χ1) is 13.3. The third-order valence-electron chi connectivity index (χ3n) is 4.09. The van der Waals surface area contributed by atoms with Crippen LogP contribution in [0.1, 0.15) is 16.1 Å². The number of para-hydroxylation sites is 1. The Morgan fingerprint density at radius 2 is 1.59 bits per heavy atom. The fourth-order valence-corrected chi connectivity index (χ4v) is 2.77. The van der Waals surface area contributed by atoms with Crippen molar-refractivity contribution < 1.29 is 9.53 Å². The molecule has 0 aliphatic rings. The van der Waals surface area contributed by atoms with Crippen LogP contribution in [0, 0.1) is 0 Å². The number of hydrogen-bond acceptors (Lipinski definition) is 4. The monoisotopic (exact) mass is 355 g/mol. The van der Waals surface area contributed by atoms with E-state index in [4.69, 9.17) is 9.84 Å². The Labute approximate surface area is 156 Å². The van der Waals surface area contributed by atoms with Crippen molar-refractivity contribution in [3.05, 3.63) is 103 Å². The van der Waals surface area contributed by atoms with Gasteiger partial charge in [-0.15, -0.1) is 0 Å². The minimum absolute atomic E-state index is 0.118. The Bertz CT molecular complexity index is 1030. The number of pyridine rings is 1. The van der Waals surface area contributed by atoms with Gasteiger partial charge >= 0.3 is 5.97 Å². The topological polar surface area (TPSA) is 57.0 Å². The van der Waals surface area contributed by atoms with E-state index in [2.05, 4.69) is 4.98 Å². The molecule has 0 fully saturated rings. The highest BCUT2D eigenvalue weighted by Crippen LogP contribution is 2.24. The summed E-state index contributed by atoms with van der Waals surface area (Å²) < 4.78 is 7.27. The second-order valence-electron chi connectivity index (χ2n) is 5.94. The number of benzene rings is 2. The average molecular weight is 355 g/mol. The van der Waals surface area contributed by atoms with Crippen LogP contribution in [0.4, 0.5) is 0 Å². The van der Waals surface area contributed by atoms with Crippen molar-refractivity contribution >= 4 is 5.97 Å². The molecule has 0 saturated carbocycles. The summed E-state index contributed by atoms with van der Waals surface area (Å²) in [4.78, 5) is 16.3. The molecule has 0 aliphatic carbocycles. The summed E-state index contributed by atoms with van der Waals surface area (Å²) in [6, 6.07) is 24.8. The van der Waals surface area contributed by atoms with E-state index in [0.29, 0.717) is 0 Å². The highest BCUT2D eigenvalue weighted by atomic mass is 16.5. The third kappa shape index (κ3) is 3.77. The fourth-order valence-electron chi connectivity index (χ4n) is 2.77. The molecule has 0 radical (unpaired) electrons. The smallest absolute Gasteiger partial charge is 0.357 e. The lowest BCUT2D eigenvalue weighted by Crippen LogP contribution is -2.07. The molecule has 0 saturated heterocycles. The van der Waals surface area contributed by atoms with Crippen LogP contribution in [0.2, 0.25) is 0 Å². The molecule has 0 unspecified atom stereocenters. The zero-order valence-electron chi connectivity index (χ0n) is 14.5. The molecule has 27 heavy (non-hydrogen) atoms. The molecule has 2 heterocycles. The van der Waals surface area contributed by atoms with Gasteiger partial charge in [0, 0.05) is 23.5 Å². The van der Waals surface area contributed by atoms with E-state index in [0.717, 1.165) is 22.5 Å². The van der Waals surface area contributed by atoms with Gasteiger partial charge in [-0.05, 0) is 24.3 Å². The molecule has 0 spiro atoms. The van der Waals surface area contributed by atoms with Gasteiger partial charge in [-0.25, -0.2) is 14.5 Å². The van der Waals surface area contributed by atoms with Gasteiger partial charge in [-0.2, -0.15) is 5.10 Å². The predicted molar refractivity (Wildman–Crippen MR) is 102 cm³/mol. The Hall–Kier alpha value is -3.73. The SMILES string of the molecule is O=C(OCc1cn(-c2ccccc2)nc1-c1ccccc1)c1ccccn1. The molecule has 5 nitrogen and oxygen atoms in total. The standard InChI is InChI=1S/C22H17N3O2/c26-22(20-13-7-8-14-23-20)27-16-18-15-25(19-11-5-2-6-12-19)24-21(18)17-9-3-1-4-10-17/h1-15H,16H2. The molecule has 0 aliphatic heterocycles. The maximum atomic E-state index is 12.2. The molecule has 2 aromatic heterocycles. The van der Waals surface area contributed by atoms with E-state index in [1.807, 2.05) is 66.9 Å². The largest absolute Gasteiger partial charge is 0.456 e. The van der Waals surface area contributed by atoms with Crippen LogP contribution in [0.5, 0.6) is 0 Å². The number of carbonyl (C=O) groups excluding carboxylic acids is 1. The van der Waals surface area contributed by atoms with Crippen molar-refractivity contribution in [1.82, 2.24) is 14.8 Å². The van der Waals surface area contributed by atoms with Gasteiger partial charge < -0.3 is 4.74 Å². The first kappa shape index (κ1) is 16.7. The van der Waals surface area contributed by atoms with Crippen molar-refractivity contribution in [2.45, 2.75) is 6.61 Å². The summed E-state index contributed by atoms with van der Waals surface area (Å²) in [6.45, 7) is 0.118. The van der Waals surface area contributed by atoms with E-state index in [1.54, 1.807) is 29.1 Å². The van der Waals surface area contributed by atoms with Crippen molar-refractivity contribution in [2.75, 3.05) is 0 Å². The lowest BCUT2D eigenvalue weighted by molar-refractivity contribution is 0.0466. The quantitative estimate of drug-likeness (QED) is 0.501. The molecular formula is C22H17N3O2. The Morgan fingerprint density at radius 3 is 2.30 bits per heavy atom. The van der Waals surface area contributed by atoms with Gasteiger partial charge in [0.05, 0.1) is 11.4 Å². The molecule has 5 heteroatoms. The lowest BCUT2D eigenvalue weighted by atomic mass is 10.1. The minimum Gasteiger partial charge on any atom is -0.456 e. The molecular weight excluding hydrogens is 338 g/mol. The highest BCUT2D eigenvalue weighted by Gasteiger charge is 2.15. The number of hydrogen-bond donors (Lipinski definition) is 0. The fraction of sp³-hybridized carbons (Fsp3) is 0.0455. The summed E-state index contributed by atoms with van der Waals surface area (Å²) in [5.41, 5.74) is 3.81. The predicted octanol–water partition coefficient (Wildman–Crippen LogP) is 4.29. The normalized spacial score (nSPS) is 10.5. The van der Waals surface area contributed by atoms with Crippen LogP contribution < -0.4 is 0 Å². The third-order valence-corrected chi connectivity index (χ3v) is 4.09. The van der Waals surface area contributed by atoms with Crippen LogP contribution in [0.25, 0.3) is 16.9 Å². The van der Waals surface area contributed by atoms with Gasteiger partial charge in [-0.1, -0.05) is 54.6 Å². The van der Waals surface area contributed by atoms with Crippen molar-refractivity contribution in [3.63, 3.8) is 0 Å². The Kier molecular flexibility index (Phi) is 4.74. The second kappa shape index (κ2) is 7.66. The minimum atomic E-state index is -0.456. The van der Waals surface area contributed by atoms with Gasteiger partial charge in [0.15, 0.2) is 0 Å². The number of esters is 1. The summed E-state index contributed by atoms with van der Waals surface area (Å²) in [6.07, 6.45) is 3.46. The number of aromatic nitrogens is 3. The first-order valence-electron chi connectivity index (χ1n) is 8.59. The van der Waals surface area contributed by atoms with Crippen molar-refractivity contribution in [3.8, 4) is 16.9 Å². The molecule has 0 amide bonds. The molecule has 0 N–H and O–H groups in total. The highest BCUT2D eigenvalue weighted by molar-refractivity contribution is 5.87. The van der Waals surface area contributed by atoms with Gasteiger partial charge in [-0.3, -0.25) is 0 Å². The molecule has 2 aromatic carbocycles. The van der Waals surface area contributed by atoms with Crippen LogP contribution in [0.3, 0.4) is 0 Å². The molecule has 4 aromatic rings. The average Bonchev–Trinajstić information content (AvgIpc) is 3.18. The molecule has 0 bridgehead atoms. The first-order valence-corrected chi connectivity index (χ1v) is 8.59. The van der Waals surface area contributed by atoms with Crippen molar-refractivity contribution in [2.24, 2.45) is 0 Å². The van der Waals surface area contributed by atoms with Gasteiger partial charge in [0.2, 0.25) is 0 Å². The Balaban J connectivity index is 1.64. The molecule has 4 rings (SSSR count). The summed E-state index contributed by atoms with van der Waals surface area (Å²) in [7, 11) is 0. The summed E-state index contributed by atoms with van der Waals surface area (Å²) in [5.74, 6) is -0.456. The lowest BCUT2D eigenvalue weighted by Gasteiger charge is -2.04. The van der Waals surface area contributed by atoms with E-state index < -0.39 is 5.97 Å². The zero-order chi connectivity index (χ0) is 18.5. The van der Waals surface area contributed by atoms with Crippen LogP contribution >= 0.6 is 0 Å². The molecule has 132 valence electrons. The van der Waals surface area contributed by atoms with E-state index >= 15 is 0 Å². The van der Waals surface area contributed by atoms with E-state index in [9.17, 15) is 4.79 Å². The molecule has 0 atom stereocenters. The Morgan fingerprint density at radius 1 is 0.889 bits per heavy atom. The zero-order valence-corrected chi connectivity index (χ0v) is 14.5. The second-order valence-corrected chi connectivity index (χ2v) is 5.94. The van der Waals surface area contributed by atoms with Crippen LogP contribution in [-0.2, 0) is 11.3 Å². The van der Waals surface area contributed by atoms with Gasteiger partial charge in [0.1, 0.15) is 12.3 Å². The van der Waals surface area contributed by atoms with E-state index in [-0.39, 0.29) is 12.3 Å². The maximum Gasteiger partial charge on any atom is 0.357 e. The van der Waals surface area contributed by atoms with Crippen LogP contribution in [0.15, 0.2) is 91.3 Å². The van der Waals surface area contributed by atoms with Crippen LogP contribution in [-0.4, -0.2) is 20.7 Å². The van der Waals surface area contributed by atoms with Crippen molar-refractivity contribution in [1.29, 1.82) is 0 Å².